The lowest BCUT2D eigenvalue weighted by molar-refractivity contribution is 0.264. The van der Waals surface area contributed by atoms with Crippen molar-refractivity contribution in [2.75, 3.05) is 37.6 Å². The third-order valence-electron chi connectivity index (χ3n) is 5.72. The molecule has 1 aromatic heterocycles. The summed E-state index contributed by atoms with van der Waals surface area (Å²) in [5.74, 6) is 3.84. The van der Waals surface area contributed by atoms with Crippen LogP contribution < -0.4 is 4.90 Å². The van der Waals surface area contributed by atoms with Gasteiger partial charge in [-0.2, -0.15) is 0 Å². The second-order valence-electron chi connectivity index (χ2n) is 7.32. The van der Waals surface area contributed by atoms with E-state index in [1.165, 1.54) is 64.0 Å². The molecule has 1 aromatic rings. The minimum atomic E-state index is 0.848. The minimum Gasteiger partial charge on any atom is -0.356 e. The van der Waals surface area contributed by atoms with Crippen molar-refractivity contribution in [1.29, 1.82) is 0 Å². The molecule has 3 heterocycles. The molecule has 3 fully saturated rings. The van der Waals surface area contributed by atoms with Crippen molar-refractivity contribution < 1.29 is 0 Å². The highest BCUT2D eigenvalue weighted by Gasteiger charge is 2.41. The number of likely N-dealkylation sites (tertiary alicyclic amines) is 1. The number of aryl methyl sites for hydroxylation is 1. The summed E-state index contributed by atoms with van der Waals surface area (Å²) in [6, 6.07) is 0. The van der Waals surface area contributed by atoms with Crippen LogP contribution in [-0.2, 0) is 0 Å². The molecule has 2 unspecified atom stereocenters. The van der Waals surface area contributed by atoms with E-state index in [2.05, 4.69) is 26.7 Å². The van der Waals surface area contributed by atoms with E-state index < -0.39 is 0 Å². The van der Waals surface area contributed by atoms with Crippen LogP contribution in [0.2, 0.25) is 0 Å². The van der Waals surface area contributed by atoms with Gasteiger partial charge in [0.05, 0.1) is 0 Å². The zero-order chi connectivity index (χ0) is 14.2. The Bertz CT molecular complexity index is 483. The highest BCUT2D eigenvalue weighted by Crippen LogP contribution is 2.35. The Balaban J connectivity index is 1.36. The molecule has 2 aliphatic heterocycles. The molecule has 0 amide bonds. The van der Waals surface area contributed by atoms with Crippen LogP contribution in [-0.4, -0.2) is 47.6 Å². The molecule has 2 atom stereocenters. The van der Waals surface area contributed by atoms with Gasteiger partial charge in [-0.05, 0) is 37.5 Å². The smallest absolute Gasteiger partial charge is 0.134 e. The normalized spacial score (nSPS) is 30.2. The molecule has 0 radical (unpaired) electrons. The summed E-state index contributed by atoms with van der Waals surface area (Å²) in [6.07, 6.45) is 9.49. The van der Waals surface area contributed by atoms with Crippen LogP contribution in [0.15, 0.2) is 12.5 Å². The van der Waals surface area contributed by atoms with E-state index in [-0.39, 0.29) is 0 Å². The van der Waals surface area contributed by atoms with Crippen molar-refractivity contribution in [3.63, 3.8) is 0 Å². The molecule has 1 aliphatic carbocycles. The van der Waals surface area contributed by atoms with E-state index in [0.29, 0.717) is 0 Å². The SMILES string of the molecule is Cc1cncnc1N1CC2CN(CC3CCCC3)CC2C1. The van der Waals surface area contributed by atoms with Gasteiger partial charge in [-0.1, -0.05) is 12.8 Å². The number of fused-ring (bicyclic) bond motifs is 1. The molecule has 0 bridgehead atoms. The molecular weight excluding hydrogens is 260 g/mol. The van der Waals surface area contributed by atoms with Crippen molar-refractivity contribution >= 4 is 5.82 Å². The maximum absolute atomic E-state index is 4.49. The number of hydrogen-bond acceptors (Lipinski definition) is 4. The predicted octanol–water partition coefficient (Wildman–Crippen LogP) is 2.34. The Hall–Kier alpha value is -1.16. The molecule has 0 spiro atoms. The van der Waals surface area contributed by atoms with Gasteiger partial charge in [0.2, 0.25) is 0 Å². The number of anilines is 1. The number of nitrogens with zero attached hydrogens (tertiary/aromatic N) is 4. The monoisotopic (exact) mass is 286 g/mol. The first kappa shape index (κ1) is 13.5. The van der Waals surface area contributed by atoms with E-state index >= 15 is 0 Å². The van der Waals surface area contributed by atoms with Gasteiger partial charge in [0.15, 0.2) is 0 Å². The van der Waals surface area contributed by atoms with Crippen molar-refractivity contribution in [2.45, 2.75) is 32.6 Å². The zero-order valence-corrected chi connectivity index (χ0v) is 13.0. The lowest BCUT2D eigenvalue weighted by atomic mass is 10.0. The van der Waals surface area contributed by atoms with Crippen molar-refractivity contribution in [2.24, 2.45) is 17.8 Å². The van der Waals surface area contributed by atoms with Gasteiger partial charge in [0, 0.05) is 44.5 Å². The zero-order valence-electron chi connectivity index (χ0n) is 13.0. The van der Waals surface area contributed by atoms with E-state index in [9.17, 15) is 0 Å². The maximum Gasteiger partial charge on any atom is 0.134 e. The highest BCUT2D eigenvalue weighted by molar-refractivity contribution is 5.46. The quantitative estimate of drug-likeness (QED) is 0.854. The van der Waals surface area contributed by atoms with Crippen LogP contribution >= 0.6 is 0 Å². The largest absolute Gasteiger partial charge is 0.356 e. The summed E-state index contributed by atoms with van der Waals surface area (Å²) in [7, 11) is 0. The van der Waals surface area contributed by atoms with Gasteiger partial charge >= 0.3 is 0 Å². The third kappa shape index (κ3) is 2.66. The van der Waals surface area contributed by atoms with E-state index in [1.54, 1.807) is 6.33 Å². The Morgan fingerprint density at radius 3 is 2.48 bits per heavy atom. The van der Waals surface area contributed by atoms with Crippen LogP contribution in [0, 0.1) is 24.7 Å². The molecule has 114 valence electrons. The fourth-order valence-corrected chi connectivity index (χ4v) is 4.69. The van der Waals surface area contributed by atoms with Gasteiger partial charge in [0.1, 0.15) is 12.1 Å². The van der Waals surface area contributed by atoms with Crippen molar-refractivity contribution in [3.05, 3.63) is 18.1 Å². The summed E-state index contributed by atoms with van der Waals surface area (Å²) < 4.78 is 0. The number of rotatable bonds is 3. The van der Waals surface area contributed by atoms with Crippen LogP contribution in [0.25, 0.3) is 0 Å². The van der Waals surface area contributed by atoms with Crippen LogP contribution in [0.1, 0.15) is 31.2 Å². The Kier molecular flexibility index (Phi) is 3.57. The molecule has 0 aromatic carbocycles. The minimum absolute atomic E-state index is 0.848. The molecule has 4 nitrogen and oxygen atoms in total. The van der Waals surface area contributed by atoms with E-state index in [0.717, 1.165) is 23.6 Å². The molecule has 3 aliphatic rings. The van der Waals surface area contributed by atoms with Crippen LogP contribution in [0.3, 0.4) is 0 Å². The van der Waals surface area contributed by atoms with Crippen molar-refractivity contribution in [3.8, 4) is 0 Å². The standard InChI is InChI=1S/C17H26N4/c1-13-6-18-12-19-17(13)21-10-15-8-20(9-16(15)11-21)7-14-4-2-3-5-14/h6,12,14-16H,2-5,7-11H2,1H3. The first-order valence-corrected chi connectivity index (χ1v) is 8.53. The second-order valence-corrected chi connectivity index (χ2v) is 7.32. The van der Waals surface area contributed by atoms with Gasteiger partial charge < -0.3 is 9.80 Å². The Morgan fingerprint density at radius 2 is 1.81 bits per heavy atom. The first-order chi connectivity index (χ1) is 10.3. The van der Waals surface area contributed by atoms with E-state index in [4.69, 9.17) is 0 Å². The molecule has 1 saturated carbocycles. The molecule has 4 heteroatoms. The molecular formula is C17H26N4. The first-order valence-electron chi connectivity index (χ1n) is 8.53. The highest BCUT2D eigenvalue weighted by atomic mass is 15.3. The topological polar surface area (TPSA) is 32.3 Å². The summed E-state index contributed by atoms with van der Waals surface area (Å²) in [4.78, 5) is 13.8. The summed E-state index contributed by atoms with van der Waals surface area (Å²) in [5.41, 5.74) is 1.21. The number of aromatic nitrogens is 2. The summed E-state index contributed by atoms with van der Waals surface area (Å²) in [5, 5.41) is 0. The summed E-state index contributed by atoms with van der Waals surface area (Å²) >= 11 is 0. The van der Waals surface area contributed by atoms with Crippen LogP contribution in [0.4, 0.5) is 5.82 Å². The van der Waals surface area contributed by atoms with Crippen LogP contribution in [0.5, 0.6) is 0 Å². The Morgan fingerprint density at radius 1 is 1.10 bits per heavy atom. The Labute approximate surface area is 127 Å². The average molecular weight is 286 g/mol. The fraction of sp³-hybridized carbons (Fsp3) is 0.765. The van der Waals surface area contributed by atoms with Gasteiger partial charge in [0.25, 0.3) is 0 Å². The molecule has 0 N–H and O–H groups in total. The molecule has 4 rings (SSSR count). The lowest BCUT2D eigenvalue weighted by Gasteiger charge is -2.24. The van der Waals surface area contributed by atoms with Crippen molar-refractivity contribution in [1.82, 2.24) is 14.9 Å². The van der Waals surface area contributed by atoms with Gasteiger partial charge in [-0.3, -0.25) is 0 Å². The molecule has 2 saturated heterocycles. The predicted molar refractivity (Wildman–Crippen MR) is 84.4 cm³/mol. The lowest BCUT2D eigenvalue weighted by Crippen LogP contribution is -2.32. The third-order valence-corrected chi connectivity index (χ3v) is 5.72. The fourth-order valence-electron chi connectivity index (χ4n) is 4.69. The van der Waals surface area contributed by atoms with Gasteiger partial charge in [-0.25, -0.2) is 9.97 Å². The number of hydrogen-bond donors (Lipinski definition) is 0. The average Bonchev–Trinajstić information content (AvgIpc) is 3.15. The maximum atomic E-state index is 4.49. The second kappa shape index (κ2) is 5.56. The molecule has 21 heavy (non-hydrogen) atoms. The van der Waals surface area contributed by atoms with E-state index in [1.807, 2.05) is 6.20 Å². The summed E-state index contributed by atoms with van der Waals surface area (Å²) in [6.45, 7) is 8.46. The van der Waals surface area contributed by atoms with Gasteiger partial charge in [-0.15, -0.1) is 0 Å².